The number of sulfonamides is 1. The summed E-state index contributed by atoms with van der Waals surface area (Å²) in [5.74, 6) is -0.499. The van der Waals surface area contributed by atoms with Crippen LogP contribution in [0.5, 0.6) is 0 Å². The fourth-order valence-electron chi connectivity index (χ4n) is 4.16. The van der Waals surface area contributed by atoms with E-state index < -0.39 is 21.1 Å². The first-order chi connectivity index (χ1) is 13.8. The number of benzene rings is 1. The van der Waals surface area contributed by atoms with Gasteiger partial charge in [0.15, 0.2) is 0 Å². The van der Waals surface area contributed by atoms with Gasteiger partial charge in [0.05, 0.1) is 22.3 Å². The van der Waals surface area contributed by atoms with Crippen LogP contribution in [0.2, 0.25) is 0 Å². The van der Waals surface area contributed by atoms with Gasteiger partial charge in [-0.1, -0.05) is 35.2 Å². The third-order valence-corrected chi connectivity index (χ3v) is 7.98. The lowest BCUT2D eigenvalue weighted by atomic mass is 10.0. The number of hydrogen-bond acceptors (Lipinski definition) is 4. The molecule has 0 atom stereocenters. The van der Waals surface area contributed by atoms with Crippen molar-refractivity contribution in [2.24, 2.45) is 0 Å². The molecule has 2 heterocycles. The van der Waals surface area contributed by atoms with E-state index in [4.69, 9.17) is 0 Å². The second-order valence-corrected chi connectivity index (χ2v) is 10.5. The molecule has 0 spiro atoms. The number of pyridine rings is 1. The summed E-state index contributed by atoms with van der Waals surface area (Å²) < 4.78 is 45.4. The first-order valence-corrected chi connectivity index (χ1v) is 12.2. The molecule has 2 aliphatic rings. The topological polar surface area (TPSA) is 80.2 Å². The SMILES string of the molecule is O=c1cc(Nc2ccc(Br)cc2F)c(NS(=O)(=O)C2CCCCC2)c2n1CCC2. The van der Waals surface area contributed by atoms with Crippen molar-refractivity contribution in [1.29, 1.82) is 0 Å². The monoisotopic (exact) mass is 483 g/mol. The standard InChI is InChI=1S/C20H23BrFN3O3S/c21-13-8-9-16(15(22)11-13)23-17-12-19(26)25-10-4-7-18(25)20(17)24-29(27,28)14-5-2-1-3-6-14/h8-9,11-12,14,23-24H,1-7,10H2. The zero-order valence-corrected chi connectivity index (χ0v) is 18.3. The number of fused-ring (bicyclic) bond motifs is 1. The maximum absolute atomic E-state index is 14.4. The maximum Gasteiger partial charge on any atom is 0.252 e. The Morgan fingerprint density at radius 3 is 2.55 bits per heavy atom. The minimum atomic E-state index is -3.61. The van der Waals surface area contributed by atoms with E-state index in [-0.39, 0.29) is 16.9 Å². The molecule has 0 radical (unpaired) electrons. The molecule has 4 rings (SSSR count). The van der Waals surface area contributed by atoms with Crippen LogP contribution in [0.4, 0.5) is 21.5 Å². The van der Waals surface area contributed by atoms with Crippen molar-refractivity contribution in [1.82, 2.24) is 4.57 Å². The second kappa shape index (κ2) is 8.10. The first kappa shape index (κ1) is 20.4. The molecule has 6 nitrogen and oxygen atoms in total. The van der Waals surface area contributed by atoms with E-state index in [0.717, 1.165) is 25.7 Å². The highest BCUT2D eigenvalue weighted by Crippen LogP contribution is 2.35. The predicted octanol–water partition coefficient (Wildman–Crippen LogP) is 4.51. The summed E-state index contributed by atoms with van der Waals surface area (Å²) in [7, 11) is -3.61. The zero-order valence-electron chi connectivity index (χ0n) is 15.9. The summed E-state index contributed by atoms with van der Waals surface area (Å²) in [4.78, 5) is 12.5. The van der Waals surface area contributed by atoms with Crippen molar-refractivity contribution >= 4 is 43.0 Å². The van der Waals surface area contributed by atoms with E-state index in [1.54, 1.807) is 16.7 Å². The largest absolute Gasteiger partial charge is 0.351 e. The Kier molecular flexibility index (Phi) is 5.70. The molecule has 1 saturated carbocycles. The molecule has 2 N–H and O–H groups in total. The van der Waals surface area contributed by atoms with Gasteiger partial charge in [-0.3, -0.25) is 9.52 Å². The Balaban J connectivity index is 1.75. The Labute approximate surface area is 177 Å². The highest BCUT2D eigenvalue weighted by atomic mass is 79.9. The molecule has 2 aromatic rings. The summed E-state index contributed by atoms with van der Waals surface area (Å²) >= 11 is 3.22. The van der Waals surface area contributed by atoms with Gasteiger partial charge in [-0.15, -0.1) is 0 Å². The molecule has 29 heavy (non-hydrogen) atoms. The number of aromatic nitrogens is 1. The molecule has 0 saturated heterocycles. The third kappa shape index (κ3) is 4.21. The molecule has 0 bridgehead atoms. The smallest absolute Gasteiger partial charge is 0.252 e. The average molecular weight is 484 g/mol. The molecule has 1 aromatic carbocycles. The van der Waals surface area contributed by atoms with Crippen LogP contribution >= 0.6 is 15.9 Å². The van der Waals surface area contributed by atoms with Crippen molar-refractivity contribution in [2.75, 3.05) is 10.0 Å². The van der Waals surface area contributed by atoms with E-state index in [1.807, 2.05) is 0 Å². The molecule has 1 aliphatic heterocycles. The predicted molar refractivity (Wildman–Crippen MR) is 116 cm³/mol. The molecule has 0 amide bonds. The number of nitrogens with zero attached hydrogens (tertiary/aromatic N) is 1. The van der Waals surface area contributed by atoms with Gasteiger partial charge in [0.2, 0.25) is 10.0 Å². The quantitative estimate of drug-likeness (QED) is 0.655. The van der Waals surface area contributed by atoms with Gasteiger partial charge < -0.3 is 9.88 Å². The van der Waals surface area contributed by atoms with Crippen LogP contribution in [-0.4, -0.2) is 18.2 Å². The number of rotatable bonds is 5. The van der Waals surface area contributed by atoms with E-state index in [2.05, 4.69) is 26.0 Å². The van der Waals surface area contributed by atoms with Crippen molar-refractivity contribution in [3.63, 3.8) is 0 Å². The number of nitrogens with one attached hydrogen (secondary N) is 2. The number of halogens is 2. The van der Waals surface area contributed by atoms with Gasteiger partial charge >= 0.3 is 0 Å². The maximum atomic E-state index is 14.4. The lowest BCUT2D eigenvalue weighted by Crippen LogP contribution is -2.31. The van der Waals surface area contributed by atoms with E-state index in [1.165, 1.54) is 12.1 Å². The van der Waals surface area contributed by atoms with Gasteiger partial charge in [-0.05, 0) is 43.9 Å². The van der Waals surface area contributed by atoms with Crippen LogP contribution in [-0.2, 0) is 23.0 Å². The van der Waals surface area contributed by atoms with E-state index in [0.29, 0.717) is 41.7 Å². The van der Waals surface area contributed by atoms with Crippen molar-refractivity contribution in [3.8, 4) is 0 Å². The minimum absolute atomic E-state index is 0.175. The van der Waals surface area contributed by atoms with Crippen LogP contribution in [0.1, 0.15) is 44.2 Å². The van der Waals surface area contributed by atoms with E-state index >= 15 is 0 Å². The Hall–Kier alpha value is -1.87. The Morgan fingerprint density at radius 2 is 1.83 bits per heavy atom. The summed E-state index contributed by atoms with van der Waals surface area (Å²) in [6.45, 7) is 0.555. The highest BCUT2D eigenvalue weighted by molar-refractivity contribution is 9.10. The number of anilines is 3. The highest BCUT2D eigenvalue weighted by Gasteiger charge is 2.30. The third-order valence-electron chi connectivity index (χ3n) is 5.65. The molecule has 1 aliphatic carbocycles. The molecular formula is C20H23BrFN3O3S. The van der Waals surface area contributed by atoms with Crippen molar-refractivity contribution < 1.29 is 12.8 Å². The normalized spacial score (nSPS) is 17.2. The van der Waals surface area contributed by atoms with Crippen LogP contribution < -0.4 is 15.6 Å². The van der Waals surface area contributed by atoms with Gasteiger partial charge in [-0.25, -0.2) is 12.8 Å². The first-order valence-electron chi connectivity index (χ1n) is 9.85. The Morgan fingerprint density at radius 1 is 1.07 bits per heavy atom. The van der Waals surface area contributed by atoms with Gasteiger partial charge in [0, 0.05) is 22.8 Å². The Bertz CT molecular complexity index is 1090. The van der Waals surface area contributed by atoms with Crippen LogP contribution in [0.3, 0.4) is 0 Å². The fraction of sp³-hybridized carbons (Fsp3) is 0.450. The van der Waals surface area contributed by atoms with Gasteiger partial charge in [-0.2, -0.15) is 0 Å². The minimum Gasteiger partial charge on any atom is -0.351 e. The number of hydrogen-bond donors (Lipinski definition) is 2. The lowest BCUT2D eigenvalue weighted by Gasteiger charge is -2.24. The van der Waals surface area contributed by atoms with Crippen molar-refractivity contribution in [2.45, 2.75) is 56.7 Å². The molecule has 156 valence electrons. The second-order valence-electron chi connectivity index (χ2n) is 7.63. The van der Waals surface area contributed by atoms with Gasteiger partial charge in [0.1, 0.15) is 5.82 Å². The molecule has 9 heteroatoms. The summed E-state index contributed by atoms with van der Waals surface area (Å²) in [5, 5.41) is 2.49. The fourth-order valence-corrected chi connectivity index (χ4v) is 6.12. The zero-order chi connectivity index (χ0) is 20.6. The van der Waals surface area contributed by atoms with Gasteiger partial charge in [0.25, 0.3) is 5.56 Å². The summed E-state index contributed by atoms with van der Waals surface area (Å²) in [6, 6.07) is 5.88. The lowest BCUT2D eigenvalue weighted by molar-refractivity contribution is 0.486. The van der Waals surface area contributed by atoms with Crippen LogP contribution in [0.25, 0.3) is 0 Å². The van der Waals surface area contributed by atoms with E-state index in [9.17, 15) is 17.6 Å². The molecule has 1 aromatic heterocycles. The van der Waals surface area contributed by atoms with Crippen LogP contribution in [0.15, 0.2) is 33.5 Å². The average Bonchev–Trinajstić information content (AvgIpc) is 3.18. The summed E-state index contributed by atoms with van der Waals surface area (Å²) in [6.07, 6.45) is 5.47. The molecule has 0 unspecified atom stereocenters. The van der Waals surface area contributed by atoms with Crippen molar-refractivity contribution in [3.05, 3.63) is 50.6 Å². The van der Waals surface area contributed by atoms with Crippen LogP contribution in [0, 0.1) is 5.82 Å². The molecular weight excluding hydrogens is 461 g/mol. The summed E-state index contributed by atoms with van der Waals surface area (Å²) in [5.41, 5.74) is 1.24. The molecule has 1 fully saturated rings.